The smallest absolute Gasteiger partial charge is 0.203 e. The van der Waals surface area contributed by atoms with Crippen molar-refractivity contribution in [1.82, 2.24) is 20.2 Å². The maximum absolute atomic E-state index is 14.0. The standard InChI is InChI=1S/C14H14ClF2N5/c15-12-11(17)14(20-13(19-12)6-1-2-6)18-10-5-9(21-22-10)7-3-8(16)4-7/h5-8H,1-4H2,(H2,18,19,20,21,22)/t7-,8+. The van der Waals surface area contributed by atoms with Crippen molar-refractivity contribution < 1.29 is 8.78 Å². The van der Waals surface area contributed by atoms with Crippen LogP contribution in [0.5, 0.6) is 0 Å². The lowest BCUT2D eigenvalue weighted by atomic mass is 9.81. The molecule has 0 radical (unpaired) electrons. The van der Waals surface area contributed by atoms with Gasteiger partial charge in [-0.25, -0.2) is 14.4 Å². The number of nitrogens with one attached hydrogen (secondary N) is 2. The molecule has 116 valence electrons. The van der Waals surface area contributed by atoms with Gasteiger partial charge >= 0.3 is 0 Å². The van der Waals surface area contributed by atoms with E-state index in [0.717, 1.165) is 18.5 Å². The highest BCUT2D eigenvalue weighted by molar-refractivity contribution is 6.29. The molecule has 0 aliphatic heterocycles. The molecule has 0 unspecified atom stereocenters. The Morgan fingerprint density at radius 3 is 2.68 bits per heavy atom. The molecule has 2 fully saturated rings. The molecular formula is C14H14ClF2N5. The molecule has 2 aliphatic carbocycles. The van der Waals surface area contributed by atoms with E-state index in [0.29, 0.717) is 24.5 Å². The van der Waals surface area contributed by atoms with E-state index in [1.54, 1.807) is 6.07 Å². The molecule has 5 nitrogen and oxygen atoms in total. The zero-order valence-corrected chi connectivity index (χ0v) is 12.4. The van der Waals surface area contributed by atoms with Gasteiger partial charge in [0.2, 0.25) is 5.82 Å². The Bertz CT molecular complexity index is 709. The molecule has 0 amide bonds. The fourth-order valence-electron chi connectivity index (χ4n) is 2.58. The van der Waals surface area contributed by atoms with Crippen LogP contribution >= 0.6 is 11.6 Å². The summed E-state index contributed by atoms with van der Waals surface area (Å²) >= 11 is 5.82. The number of nitrogens with zero attached hydrogens (tertiary/aromatic N) is 3. The van der Waals surface area contributed by atoms with Gasteiger partial charge in [-0.2, -0.15) is 9.49 Å². The van der Waals surface area contributed by atoms with Gasteiger partial charge in [0.05, 0.1) is 0 Å². The van der Waals surface area contributed by atoms with Crippen LogP contribution in [0.25, 0.3) is 0 Å². The van der Waals surface area contributed by atoms with Gasteiger partial charge in [-0.05, 0) is 25.7 Å². The Morgan fingerprint density at radius 2 is 2.00 bits per heavy atom. The second-order valence-electron chi connectivity index (χ2n) is 5.91. The van der Waals surface area contributed by atoms with Crippen molar-refractivity contribution in [1.29, 1.82) is 0 Å². The van der Waals surface area contributed by atoms with E-state index >= 15 is 0 Å². The fraction of sp³-hybridized carbons (Fsp3) is 0.500. The maximum atomic E-state index is 14.0. The van der Waals surface area contributed by atoms with Gasteiger partial charge in [0, 0.05) is 23.6 Å². The van der Waals surface area contributed by atoms with Crippen molar-refractivity contribution >= 4 is 23.2 Å². The lowest BCUT2D eigenvalue weighted by Crippen LogP contribution is -2.22. The summed E-state index contributed by atoms with van der Waals surface area (Å²) in [7, 11) is 0. The zero-order chi connectivity index (χ0) is 15.3. The lowest BCUT2D eigenvalue weighted by Gasteiger charge is -2.28. The monoisotopic (exact) mass is 325 g/mol. The molecule has 8 heteroatoms. The van der Waals surface area contributed by atoms with E-state index in [4.69, 9.17) is 11.6 Å². The third-order valence-corrected chi connectivity index (χ3v) is 4.39. The highest BCUT2D eigenvalue weighted by Crippen LogP contribution is 2.40. The molecule has 2 heterocycles. The summed E-state index contributed by atoms with van der Waals surface area (Å²) in [5.74, 6) is 0.750. The molecule has 2 aromatic heterocycles. The Morgan fingerprint density at radius 1 is 1.23 bits per heavy atom. The predicted octanol–water partition coefficient (Wildman–Crippen LogP) is 3.83. The molecule has 2 aliphatic rings. The Labute approximate surface area is 130 Å². The third-order valence-electron chi connectivity index (χ3n) is 4.14. The van der Waals surface area contributed by atoms with E-state index in [1.807, 2.05) is 0 Å². The summed E-state index contributed by atoms with van der Waals surface area (Å²) in [6.07, 6.45) is 2.27. The second kappa shape index (κ2) is 5.15. The minimum Gasteiger partial charge on any atom is -0.321 e. The van der Waals surface area contributed by atoms with Gasteiger partial charge in [0.1, 0.15) is 12.0 Å². The molecule has 2 aromatic rings. The third kappa shape index (κ3) is 2.54. The van der Waals surface area contributed by atoms with E-state index in [9.17, 15) is 8.78 Å². The van der Waals surface area contributed by atoms with Crippen LogP contribution < -0.4 is 5.32 Å². The van der Waals surface area contributed by atoms with Crippen LogP contribution in [0.4, 0.5) is 20.4 Å². The number of H-pyrrole nitrogens is 1. The molecule has 2 saturated carbocycles. The van der Waals surface area contributed by atoms with Crippen LogP contribution in [0.2, 0.25) is 5.15 Å². The molecule has 0 atom stereocenters. The first-order valence-electron chi connectivity index (χ1n) is 7.29. The fourth-order valence-corrected chi connectivity index (χ4v) is 2.75. The Hall–Kier alpha value is -1.76. The molecule has 0 spiro atoms. The van der Waals surface area contributed by atoms with Crippen LogP contribution in [0.3, 0.4) is 0 Å². The molecule has 22 heavy (non-hydrogen) atoms. The summed E-state index contributed by atoms with van der Waals surface area (Å²) in [5.41, 5.74) is 0.847. The largest absolute Gasteiger partial charge is 0.321 e. The van der Waals surface area contributed by atoms with E-state index < -0.39 is 12.0 Å². The number of hydrogen-bond acceptors (Lipinski definition) is 4. The number of aromatic amines is 1. The van der Waals surface area contributed by atoms with Gasteiger partial charge in [-0.3, -0.25) is 5.10 Å². The van der Waals surface area contributed by atoms with Crippen molar-refractivity contribution in [2.45, 2.75) is 43.7 Å². The Balaban J connectivity index is 1.55. The average molecular weight is 326 g/mol. The highest BCUT2D eigenvalue weighted by atomic mass is 35.5. The van der Waals surface area contributed by atoms with Crippen molar-refractivity contribution in [3.63, 3.8) is 0 Å². The van der Waals surface area contributed by atoms with Crippen molar-refractivity contribution in [2.24, 2.45) is 0 Å². The van der Waals surface area contributed by atoms with Crippen LogP contribution in [-0.2, 0) is 0 Å². The maximum Gasteiger partial charge on any atom is 0.203 e. The van der Waals surface area contributed by atoms with E-state index in [2.05, 4.69) is 25.5 Å². The first-order chi connectivity index (χ1) is 10.6. The number of rotatable bonds is 4. The molecule has 4 rings (SSSR count). The van der Waals surface area contributed by atoms with Gasteiger partial charge in [-0.15, -0.1) is 0 Å². The van der Waals surface area contributed by atoms with E-state index in [-0.39, 0.29) is 22.8 Å². The number of alkyl halides is 1. The number of anilines is 2. The molecular weight excluding hydrogens is 312 g/mol. The molecule has 2 N–H and O–H groups in total. The lowest BCUT2D eigenvalue weighted by molar-refractivity contribution is 0.176. The van der Waals surface area contributed by atoms with Crippen molar-refractivity contribution in [3.05, 3.63) is 28.6 Å². The van der Waals surface area contributed by atoms with Gasteiger partial charge in [0.25, 0.3) is 0 Å². The average Bonchev–Trinajstić information content (AvgIpc) is 3.21. The SMILES string of the molecule is Fc1c(Cl)nc(C2CC2)nc1Nc1cc([C@H]2C[C@@H](F)C2)[nH]n1. The van der Waals surface area contributed by atoms with Gasteiger partial charge < -0.3 is 5.32 Å². The van der Waals surface area contributed by atoms with Crippen LogP contribution in [-0.4, -0.2) is 26.3 Å². The first-order valence-corrected chi connectivity index (χ1v) is 7.67. The van der Waals surface area contributed by atoms with Gasteiger partial charge in [-0.1, -0.05) is 11.6 Å². The number of halogens is 3. The topological polar surface area (TPSA) is 66.5 Å². The zero-order valence-electron chi connectivity index (χ0n) is 11.6. The number of aromatic nitrogens is 4. The van der Waals surface area contributed by atoms with Crippen LogP contribution in [0.15, 0.2) is 6.07 Å². The quantitative estimate of drug-likeness (QED) is 0.838. The summed E-state index contributed by atoms with van der Waals surface area (Å²) in [6.45, 7) is 0. The summed E-state index contributed by atoms with van der Waals surface area (Å²) < 4.78 is 26.9. The van der Waals surface area contributed by atoms with Crippen LogP contribution in [0.1, 0.15) is 49.0 Å². The van der Waals surface area contributed by atoms with Crippen molar-refractivity contribution in [3.8, 4) is 0 Å². The van der Waals surface area contributed by atoms with E-state index in [1.165, 1.54) is 0 Å². The van der Waals surface area contributed by atoms with Crippen LogP contribution in [0, 0.1) is 5.82 Å². The molecule has 0 saturated heterocycles. The number of hydrogen-bond donors (Lipinski definition) is 2. The normalized spacial score (nSPS) is 24.1. The van der Waals surface area contributed by atoms with Crippen molar-refractivity contribution in [2.75, 3.05) is 5.32 Å². The molecule has 0 aromatic carbocycles. The first kappa shape index (κ1) is 13.9. The summed E-state index contributed by atoms with van der Waals surface area (Å²) in [4.78, 5) is 8.17. The second-order valence-corrected chi connectivity index (χ2v) is 6.27. The summed E-state index contributed by atoms with van der Waals surface area (Å²) in [6, 6.07) is 1.75. The highest BCUT2D eigenvalue weighted by Gasteiger charge is 2.32. The summed E-state index contributed by atoms with van der Waals surface area (Å²) in [5, 5.41) is 9.56. The minimum absolute atomic E-state index is 0.0249. The van der Waals surface area contributed by atoms with Gasteiger partial charge in [0.15, 0.2) is 16.8 Å². The Kier molecular flexibility index (Phi) is 3.25. The molecule has 0 bridgehead atoms. The minimum atomic E-state index is -0.732. The predicted molar refractivity (Wildman–Crippen MR) is 77.7 cm³/mol.